The third-order valence-electron chi connectivity index (χ3n) is 1.50. The monoisotopic (exact) mass is 170 g/mol. The summed E-state index contributed by atoms with van der Waals surface area (Å²) >= 11 is 0. The van der Waals surface area contributed by atoms with Crippen LogP contribution in [0.1, 0.15) is 13.3 Å². The van der Waals surface area contributed by atoms with Crippen LogP contribution in [-0.2, 0) is 4.79 Å². The number of primary amides is 1. The van der Waals surface area contributed by atoms with Crippen LogP contribution in [0.2, 0.25) is 0 Å². The van der Waals surface area contributed by atoms with E-state index >= 15 is 0 Å². The second-order valence-electron chi connectivity index (χ2n) is 2.45. The predicted octanol–water partition coefficient (Wildman–Crippen LogP) is -1.17. The summed E-state index contributed by atoms with van der Waals surface area (Å²) in [5.41, 5.74) is 4.82. The van der Waals surface area contributed by atoms with Crippen LogP contribution in [-0.4, -0.2) is 29.7 Å². The minimum atomic E-state index is -1.16. The van der Waals surface area contributed by atoms with Crippen molar-refractivity contribution < 1.29 is 9.90 Å². The standard InChI is InChI=1S/C8H14N2O2/c1-3-6(4-2)10-5-7(11)8(9)12/h1,6-7,10-11H,4-5H2,2H3,(H2,9,12). The highest BCUT2D eigenvalue weighted by Gasteiger charge is 2.11. The van der Waals surface area contributed by atoms with Crippen molar-refractivity contribution in [2.45, 2.75) is 25.5 Å². The highest BCUT2D eigenvalue weighted by molar-refractivity contribution is 5.78. The fraction of sp³-hybridized carbons (Fsp3) is 0.625. The summed E-state index contributed by atoms with van der Waals surface area (Å²) in [6.07, 6.45) is 4.73. The van der Waals surface area contributed by atoms with Crippen LogP contribution in [0.4, 0.5) is 0 Å². The van der Waals surface area contributed by atoms with Gasteiger partial charge in [0.15, 0.2) is 0 Å². The Morgan fingerprint density at radius 3 is 2.75 bits per heavy atom. The zero-order valence-electron chi connectivity index (χ0n) is 7.08. The highest BCUT2D eigenvalue weighted by Crippen LogP contribution is 1.88. The van der Waals surface area contributed by atoms with Crippen molar-refractivity contribution in [3.8, 4) is 12.3 Å². The largest absolute Gasteiger partial charge is 0.382 e. The van der Waals surface area contributed by atoms with Gasteiger partial charge in [0.05, 0.1) is 6.04 Å². The molecule has 0 aromatic rings. The number of terminal acetylenes is 1. The molecule has 12 heavy (non-hydrogen) atoms. The molecule has 0 aliphatic carbocycles. The number of hydrogen-bond acceptors (Lipinski definition) is 3. The fourth-order valence-electron chi connectivity index (χ4n) is 0.676. The topological polar surface area (TPSA) is 75.3 Å². The lowest BCUT2D eigenvalue weighted by Gasteiger charge is -2.12. The maximum absolute atomic E-state index is 10.4. The van der Waals surface area contributed by atoms with Crippen LogP contribution in [0.3, 0.4) is 0 Å². The molecule has 0 saturated heterocycles. The number of amides is 1. The summed E-state index contributed by atoms with van der Waals surface area (Å²) in [6, 6.07) is -0.112. The Morgan fingerprint density at radius 2 is 2.42 bits per heavy atom. The van der Waals surface area contributed by atoms with E-state index < -0.39 is 12.0 Å². The van der Waals surface area contributed by atoms with E-state index in [2.05, 4.69) is 11.2 Å². The molecule has 0 saturated carbocycles. The first-order chi connectivity index (χ1) is 5.61. The van der Waals surface area contributed by atoms with E-state index in [0.717, 1.165) is 6.42 Å². The summed E-state index contributed by atoms with van der Waals surface area (Å²) in [5, 5.41) is 11.8. The number of nitrogens with two attached hydrogens (primary N) is 1. The summed E-state index contributed by atoms with van der Waals surface area (Å²) in [6.45, 7) is 2.02. The van der Waals surface area contributed by atoms with Gasteiger partial charge in [0.1, 0.15) is 6.10 Å². The summed E-state index contributed by atoms with van der Waals surface area (Å²) in [5.74, 6) is 1.73. The Balaban J connectivity index is 3.68. The van der Waals surface area contributed by atoms with Crippen LogP contribution in [0.5, 0.6) is 0 Å². The van der Waals surface area contributed by atoms with E-state index in [9.17, 15) is 4.79 Å². The smallest absolute Gasteiger partial charge is 0.247 e. The first kappa shape index (κ1) is 11.0. The molecule has 4 nitrogen and oxygen atoms in total. The lowest BCUT2D eigenvalue weighted by molar-refractivity contribution is -0.125. The number of carbonyl (C=O) groups is 1. The SMILES string of the molecule is C#CC(CC)NCC(O)C(N)=O. The van der Waals surface area contributed by atoms with Crippen molar-refractivity contribution >= 4 is 5.91 Å². The minimum Gasteiger partial charge on any atom is -0.382 e. The van der Waals surface area contributed by atoms with Gasteiger partial charge >= 0.3 is 0 Å². The van der Waals surface area contributed by atoms with Crippen molar-refractivity contribution in [2.24, 2.45) is 5.73 Å². The molecule has 0 aliphatic heterocycles. The van der Waals surface area contributed by atoms with E-state index in [1.54, 1.807) is 0 Å². The molecule has 4 heteroatoms. The molecule has 0 aliphatic rings. The van der Waals surface area contributed by atoms with Gasteiger partial charge in [-0.1, -0.05) is 12.8 Å². The molecule has 0 aromatic carbocycles. The van der Waals surface area contributed by atoms with E-state index in [-0.39, 0.29) is 12.6 Å². The van der Waals surface area contributed by atoms with Gasteiger partial charge in [0.2, 0.25) is 5.91 Å². The minimum absolute atomic E-state index is 0.109. The maximum atomic E-state index is 10.4. The first-order valence-corrected chi connectivity index (χ1v) is 3.78. The van der Waals surface area contributed by atoms with Gasteiger partial charge in [-0.3, -0.25) is 4.79 Å². The van der Waals surface area contributed by atoms with Crippen LogP contribution >= 0.6 is 0 Å². The Kier molecular flexibility index (Phi) is 5.09. The molecule has 0 rings (SSSR count). The lowest BCUT2D eigenvalue weighted by Crippen LogP contribution is -2.41. The molecule has 68 valence electrons. The number of aliphatic hydroxyl groups is 1. The third-order valence-corrected chi connectivity index (χ3v) is 1.50. The van der Waals surface area contributed by atoms with Crippen molar-refractivity contribution in [3.05, 3.63) is 0 Å². The lowest BCUT2D eigenvalue weighted by atomic mass is 10.2. The van der Waals surface area contributed by atoms with Gasteiger partial charge in [0, 0.05) is 6.54 Å². The molecule has 0 heterocycles. The van der Waals surface area contributed by atoms with Gasteiger partial charge in [-0.2, -0.15) is 0 Å². The summed E-state index contributed by atoms with van der Waals surface area (Å²) in [7, 11) is 0. The summed E-state index contributed by atoms with van der Waals surface area (Å²) < 4.78 is 0. The molecular formula is C8H14N2O2. The van der Waals surface area contributed by atoms with Crippen molar-refractivity contribution in [1.82, 2.24) is 5.32 Å². The highest BCUT2D eigenvalue weighted by atomic mass is 16.3. The number of hydrogen-bond donors (Lipinski definition) is 3. The Morgan fingerprint density at radius 1 is 1.83 bits per heavy atom. The molecule has 1 amide bonds. The Labute approximate surface area is 72.1 Å². The Bertz CT molecular complexity index is 186. The van der Waals surface area contributed by atoms with Gasteiger partial charge in [0.25, 0.3) is 0 Å². The second kappa shape index (κ2) is 5.58. The van der Waals surface area contributed by atoms with Gasteiger partial charge in [-0.15, -0.1) is 6.42 Å². The normalized spacial score (nSPS) is 14.8. The van der Waals surface area contributed by atoms with Crippen molar-refractivity contribution in [3.63, 3.8) is 0 Å². The fourth-order valence-corrected chi connectivity index (χ4v) is 0.676. The number of aliphatic hydroxyl groups excluding tert-OH is 1. The molecule has 0 spiro atoms. The number of nitrogens with one attached hydrogen (secondary N) is 1. The zero-order chi connectivity index (χ0) is 9.56. The maximum Gasteiger partial charge on any atom is 0.247 e. The van der Waals surface area contributed by atoms with E-state index in [4.69, 9.17) is 17.3 Å². The number of rotatable bonds is 5. The summed E-state index contributed by atoms with van der Waals surface area (Å²) in [4.78, 5) is 10.4. The van der Waals surface area contributed by atoms with Crippen molar-refractivity contribution in [1.29, 1.82) is 0 Å². The average Bonchev–Trinajstić information content (AvgIpc) is 2.05. The van der Waals surface area contributed by atoms with Crippen LogP contribution < -0.4 is 11.1 Å². The first-order valence-electron chi connectivity index (χ1n) is 3.78. The van der Waals surface area contributed by atoms with Gasteiger partial charge in [-0.05, 0) is 6.42 Å². The van der Waals surface area contributed by atoms with E-state index in [1.807, 2.05) is 6.92 Å². The van der Waals surface area contributed by atoms with E-state index in [1.165, 1.54) is 0 Å². The molecule has 0 fully saturated rings. The third kappa shape index (κ3) is 3.96. The van der Waals surface area contributed by atoms with Gasteiger partial charge < -0.3 is 16.2 Å². The molecule has 0 aromatic heterocycles. The van der Waals surface area contributed by atoms with E-state index in [0.29, 0.717) is 0 Å². The molecule has 2 atom stereocenters. The van der Waals surface area contributed by atoms with Crippen molar-refractivity contribution in [2.75, 3.05) is 6.54 Å². The average molecular weight is 170 g/mol. The quantitative estimate of drug-likeness (QED) is 0.455. The molecule has 4 N–H and O–H groups in total. The molecule has 0 radical (unpaired) electrons. The van der Waals surface area contributed by atoms with Crippen LogP contribution in [0, 0.1) is 12.3 Å². The molecule has 2 unspecified atom stereocenters. The van der Waals surface area contributed by atoms with Crippen LogP contribution in [0.15, 0.2) is 0 Å². The Hall–Kier alpha value is -1.05. The van der Waals surface area contributed by atoms with Gasteiger partial charge in [-0.25, -0.2) is 0 Å². The second-order valence-corrected chi connectivity index (χ2v) is 2.45. The molecule has 0 bridgehead atoms. The van der Waals surface area contributed by atoms with Crippen LogP contribution in [0.25, 0.3) is 0 Å². The predicted molar refractivity (Wildman–Crippen MR) is 46.1 cm³/mol. The number of carbonyl (C=O) groups excluding carboxylic acids is 1. The zero-order valence-corrected chi connectivity index (χ0v) is 7.08. The molecular weight excluding hydrogens is 156 g/mol.